The van der Waals surface area contributed by atoms with E-state index in [1.165, 1.54) is 10.9 Å². The highest BCUT2D eigenvalue weighted by Crippen LogP contribution is 2.39. The van der Waals surface area contributed by atoms with Gasteiger partial charge in [-0.2, -0.15) is 15.0 Å². The van der Waals surface area contributed by atoms with E-state index in [2.05, 4.69) is 10.2 Å². The van der Waals surface area contributed by atoms with Crippen molar-refractivity contribution in [2.24, 2.45) is 0 Å². The van der Waals surface area contributed by atoms with Crippen LogP contribution in [0, 0.1) is 6.92 Å². The van der Waals surface area contributed by atoms with Crippen LogP contribution in [0.4, 0.5) is 4.39 Å². The number of hydrogen-bond acceptors (Lipinski definition) is 4. The topological polar surface area (TPSA) is 49.2 Å². The molecule has 1 fully saturated rings. The van der Waals surface area contributed by atoms with Gasteiger partial charge in [-0.25, -0.2) is 4.39 Å². The lowest BCUT2D eigenvalue weighted by molar-refractivity contribution is 0.00578. The molecule has 24 heavy (non-hydrogen) atoms. The number of aromatic nitrogens is 3. The smallest absolute Gasteiger partial charge is 0.398 e. The van der Waals surface area contributed by atoms with Gasteiger partial charge in [-0.1, -0.05) is 12.1 Å². The SMILES string of the molecule is Cc1ccc(C=C(F)B2OC(C)(C)C(C)(C)O2)c(-n2nccn2)c1. The highest BCUT2D eigenvalue weighted by atomic mass is 19.1. The number of halogens is 1. The third-order valence-electron chi connectivity index (χ3n) is 4.59. The fourth-order valence-electron chi connectivity index (χ4n) is 2.46. The molecule has 0 aliphatic carbocycles. The molecular formula is C17H21BFN3O2. The van der Waals surface area contributed by atoms with Crippen LogP contribution in [0.1, 0.15) is 38.8 Å². The second-order valence-electron chi connectivity index (χ2n) is 7.00. The van der Waals surface area contributed by atoms with Gasteiger partial charge in [0.2, 0.25) is 0 Å². The molecule has 1 aromatic carbocycles. The molecule has 0 saturated carbocycles. The van der Waals surface area contributed by atoms with Crippen LogP contribution in [0.2, 0.25) is 0 Å². The van der Waals surface area contributed by atoms with E-state index in [-0.39, 0.29) is 0 Å². The molecule has 0 amide bonds. The van der Waals surface area contributed by atoms with Crippen molar-refractivity contribution in [2.75, 3.05) is 0 Å². The summed E-state index contributed by atoms with van der Waals surface area (Å²) < 4.78 is 26.3. The molecule has 3 rings (SSSR count). The molecule has 0 N–H and O–H groups in total. The molecule has 5 nitrogen and oxygen atoms in total. The first-order chi connectivity index (χ1) is 11.2. The van der Waals surface area contributed by atoms with Gasteiger partial charge in [-0.05, 0) is 52.3 Å². The number of benzene rings is 1. The van der Waals surface area contributed by atoms with Gasteiger partial charge in [0.05, 0.1) is 29.3 Å². The normalized spacial score (nSPS) is 19.8. The minimum absolute atomic E-state index is 0.481. The maximum atomic E-state index is 14.8. The van der Waals surface area contributed by atoms with Crippen molar-refractivity contribution in [3.63, 3.8) is 0 Å². The van der Waals surface area contributed by atoms with Crippen molar-refractivity contribution in [1.29, 1.82) is 0 Å². The fourth-order valence-corrected chi connectivity index (χ4v) is 2.46. The van der Waals surface area contributed by atoms with E-state index in [9.17, 15) is 4.39 Å². The van der Waals surface area contributed by atoms with Crippen molar-refractivity contribution in [3.8, 4) is 5.69 Å². The van der Waals surface area contributed by atoms with Gasteiger partial charge < -0.3 is 9.31 Å². The number of rotatable bonds is 3. The summed E-state index contributed by atoms with van der Waals surface area (Å²) in [6, 6.07) is 5.65. The second-order valence-corrected chi connectivity index (χ2v) is 7.00. The zero-order chi connectivity index (χ0) is 17.5. The van der Waals surface area contributed by atoms with Gasteiger partial charge in [0.1, 0.15) is 5.73 Å². The average Bonchev–Trinajstić information content (AvgIpc) is 3.08. The number of hydrogen-bond donors (Lipinski definition) is 0. The Bertz CT molecular complexity index is 756. The first-order valence-electron chi connectivity index (χ1n) is 7.90. The van der Waals surface area contributed by atoms with Crippen LogP contribution in [0.25, 0.3) is 11.8 Å². The molecule has 0 spiro atoms. The minimum Gasteiger partial charge on any atom is -0.398 e. The molecule has 1 saturated heterocycles. The summed E-state index contributed by atoms with van der Waals surface area (Å²) in [5.41, 5.74) is 0.752. The van der Waals surface area contributed by atoms with Crippen molar-refractivity contribution < 1.29 is 13.7 Å². The van der Waals surface area contributed by atoms with Crippen LogP contribution in [0.15, 0.2) is 36.3 Å². The van der Waals surface area contributed by atoms with Gasteiger partial charge in [0.25, 0.3) is 0 Å². The van der Waals surface area contributed by atoms with Gasteiger partial charge >= 0.3 is 7.12 Å². The molecule has 0 radical (unpaired) electrons. The summed E-state index contributed by atoms with van der Waals surface area (Å²) >= 11 is 0. The van der Waals surface area contributed by atoms with Crippen molar-refractivity contribution in [1.82, 2.24) is 15.0 Å². The molecule has 1 aliphatic rings. The lowest BCUT2D eigenvalue weighted by Gasteiger charge is -2.32. The van der Waals surface area contributed by atoms with E-state index in [0.717, 1.165) is 5.56 Å². The third kappa shape index (κ3) is 3.01. The Labute approximate surface area is 141 Å². The molecule has 0 atom stereocenters. The van der Waals surface area contributed by atoms with Crippen LogP contribution in [-0.4, -0.2) is 33.3 Å². The standard InChI is InChI=1S/C17H21BFN3O2/c1-12-6-7-13(14(10-12)22-20-8-9-21-22)11-15(19)18-23-16(2,3)17(4,5)24-18/h6-11H,1-5H3. The summed E-state index contributed by atoms with van der Waals surface area (Å²) in [7, 11) is -1.02. The lowest BCUT2D eigenvalue weighted by atomic mass is 9.86. The molecule has 126 valence electrons. The molecule has 2 aromatic rings. The van der Waals surface area contributed by atoms with E-state index in [1.807, 2.05) is 52.8 Å². The minimum atomic E-state index is -1.02. The Kier molecular flexibility index (Phi) is 4.09. The summed E-state index contributed by atoms with van der Waals surface area (Å²) in [5.74, 6) is 0. The van der Waals surface area contributed by atoms with E-state index in [4.69, 9.17) is 9.31 Å². The van der Waals surface area contributed by atoms with Crippen molar-refractivity contribution >= 4 is 13.2 Å². The highest BCUT2D eigenvalue weighted by Gasteiger charge is 2.53. The van der Waals surface area contributed by atoms with Crippen LogP contribution in [0.5, 0.6) is 0 Å². The molecular weight excluding hydrogens is 308 g/mol. The van der Waals surface area contributed by atoms with E-state index in [0.29, 0.717) is 11.3 Å². The van der Waals surface area contributed by atoms with Crippen LogP contribution in [-0.2, 0) is 9.31 Å². The predicted molar refractivity (Wildman–Crippen MR) is 91.3 cm³/mol. The van der Waals surface area contributed by atoms with E-state index < -0.39 is 24.0 Å². The highest BCUT2D eigenvalue weighted by molar-refractivity contribution is 6.54. The van der Waals surface area contributed by atoms with Crippen molar-refractivity contribution in [3.05, 3.63) is 47.4 Å². The molecule has 1 aromatic heterocycles. The maximum absolute atomic E-state index is 14.8. The maximum Gasteiger partial charge on any atom is 0.525 e. The van der Waals surface area contributed by atoms with Crippen LogP contribution < -0.4 is 0 Å². The number of nitrogens with zero attached hydrogens (tertiary/aromatic N) is 3. The van der Waals surface area contributed by atoms with E-state index >= 15 is 0 Å². The third-order valence-corrected chi connectivity index (χ3v) is 4.59. The predicted octanol–water partition coefficient (Wildman–Crippen LogP) is 3.52. The van der Waals surface area contributed by atoms with Gasteiger partial charge in [0.15, 0.2) is 0 Å². The summed E-state index contributed by atoms with van der Waals surface area (Å²) in [6.45, 7) is 9.54. The zero-order valence-corrected chi connectivity index (χ0v) is 14.6. The quantitative estimate of drug-likeness (QED) is 0.809. The average molecular weight is 329 g/mol. The van der Waals surface area contributed by atoms with Gasteiger partial charge in [-0.3, -0.25) is 0 Å². The molecule has 0 bridgehead atoms. The Balaban J connectivity index is 1.95. The Morgan fingerprint density at radius 2 is 1.71 bits per heavy atom. The molecule has 2 heterocycles. The number of aryl methyl sites for hydroxylation is 1. The first kappa shape index (κ1) is 16.9. The van der Waals surface area contributed by atoms with Crippen LogP contribution >= 0.6 is 0 Å². The zero-order valence-electron chi connectivity index (χ0n) is 14.6. The second kappa shape index (κ2) is 5.83. The lowest BCUT2D eigenvalue weighted by Crippen LogP contribution is -2.41. The van der Waals surface area contributed by atoms with Crippen LogP contribution in [0.3, 0.4) is 0 Å². The summed E-state index contributed by atoms with van der Waals surface area (Å²) in [4.78, 5) is 1.47. The summed E-state index contributed by atoms with van der Waals surface area (Å²) in [6.07, 6.45) is 4.58. The van der Waals surface area contributed by atoms with Gasteiger partial charge in [0, 0.05) is 5.56 Å². The Hall–Kier alpha value is -1.99. The Morgan fingerprint density at radius 1 is 1.12 bits per heavy atom. The van der Waals surface area contributed by atoms with Gasteiger partial charge in [-0.15, -0.1) is 0 Å². The first-order valence-corrected chi connectivity index (χ1v) is 7.90. The van der Waals surface area contributed by atoms with Crippen molar-refractivity contribution in [2.45, 2.75) is 45.8 Å². The fraction of sp³-hybridized carbons (Fsp3) is 0.412. The Morgan fingerprint density at radius 3 is 2.29 bits per heavy atom. The summed E-state index contributed by atoms with van der Waals surface area (Å²) in [5, 5.41) is 8.26. The molecule has 1 aliphatic heterocycles. The molecule has 0 unspecified atom stereocenters. The largest absolute Gasteiger partial charge is 0.525 e. The monoisotopic (exact) mass is 329 g/mol. The van der Waals surface area contributed by atoms with E-state index in [1.54, 1.807) is 12.4 Å². The molecule has 7 heteroatoms.